The van der Waals surface area contributed by atoms with Crippen molar-refractivity contribution >= 4 is 23.4 Å². The van der Waals surface area contributed by atoms with Crippen LogP contribution in [0, 0.1) is 12.7 Å². The number of rotatable bonds is 7. The summed E-state index contributed by atoms with van der Waals surface area (Å²) < 4.78 is 20.8. The molecule has 7 nitrogen and oxygen atoms in total. The van der Waals surface area contributed by atoms with Crippen molar-refractivity contribution in [1.82, 2.24) is 15.3 Å². The van der Waals surface area contributed by atoms with Crippen LogP contribution in [0.4, 0.5) is 4.39 Å². The van der Waals surface area contributed by atoms with E-state index in [1.807, 2.05) is 31.2 Å². The smallest absolute Gasteiger partial charge is 0.273 e. The molecule has 0 aliphatic carbocycles. The molecule has 2 aromatic carbocycles. The number of oxime groups is 1. The first-order valence-corrected chi connectivity index (χ1v) is 9.71. The molecule has 9 heteroatoms. The van der Waals surface area contributed by atoms with Crippen LogP contribution in [-0.2, 0) is 9.63 Å². The highest BCUT2D eigenvalue weighted by Gasteiger charge is 2.21. The molecule has 0 aliphatic heterocycles. The third-order valence-electron chi connectivity index (χ3n) is 4.00. The summed E-state index contributed by atoms with van der Waals surface area (Å²) in [5.74, 6) is -1.25. The van der Waals surface area contributed by atoms with Gasteiger partial charge in [-0.15, -0.1) is 0 Å². The molecule has 30 heavy (non-hydrogen) atoms. The van der Waals surface area contributed by atoms with Gasteiger partial charge in [-0.05, 0) is 30.7 Å². The van der Waals surface area contributed by atoms with Gasteiger partial charge in [0.05, 0.1) is 5.56 Å². The minimum atomic E-state index is -0.703. The maximum absolute atomic E-state index is 15.1. The molecule has 0 atom stereocenters. The second kappa shape index (κ2) is 9.84. The van der Waals surface area contributed by atoms with Gasteiger partial charge in [0.2, 0.25) is 5.82 Å². The zero-order chi connectivity index (χ0) is 21.5. The SMILES string of the molecule is CNC(=O)C(=NOC)c1ccccc1Oc1ncnc(Sc2ccccc2C)c1F. The Hall–Kier alpha value is -3.46. The number of ether oxygens (including phenoxy) is 1. The predicted octanol–water partition coefficient (Wildman–Crippen LogP) is 3.96. The van der Waals surface area contributed by atoms with Crippen molar-refractivity contribution in [3.63, 3.8) is 0 Å². The van der Waals surface area contributed by atoms with Gasteiger partial charge in [0.15, 0.2) is 5.71 Å². The van der Waals surface area contributed by atoms with Crippen LogP contribution in [0.5, 0.6) is 11.6 Å². The van der Waals surface area contributed by atoms with Crippen LogP contribution in [-0.4, -0.2) is 35.7 Å². The molecule has 0 spiro atoms. The van der Waals surface area contributed by atoms with E-state index in [1.165, 1.54) is 32.2 Å². The Bertz CT molecular complexity index is 1090. The number of hydrogen-bond acceptors (Lipinski definition) is 7. The van der Waals surface area contributed by atoms with E-state index >= 15 is 4.39 Å². The molecule has 0 radical (unpaired) electrons. The van der Waals surface area contributed by atoms with E-state index in [9.17, 15) is 4.79 Å². The second-order valence-electron chi connectivity index (χ2n) is 5.97. The van der Waals surface area contributed by atoms with Crippen molar-refractivity contribution < 1.29 is 18.8 Å². The predicted molar refractivity (Wildman–Crippen MR) is 111 cm³/mol. The maximum Gasteiger partial charge on any atom is 0.273 e. The number of hydrogen-bond donors (Lipinski definition) is 1. The highest BCUT2D eigenvalue weighted by atomic mass is 32.2. The summed E-state index contributed by atoms with van der Waals surface area (Å²) in [5, 5.41) is 6.38. The van der Waals surface area contributed by atoms with Gasteiger partial charge in [-0.3, -0.25) is 4.79 Å². The normalized spacial score (nSPS) is 11.1. The van der Waals surface area contributed by atoms with Crippen molar-refractivity contribution in [2.75, 3.05) is 14.2 Å². The monoisotopic (exact) mass is 426 g/mol. The first-order chi connectivity index (χ1) is 14.5. The molecule has 3 aromatic rings. The number of aromatic nitrogens is 2. The zero-order valence-corrected chi connectivity index (χ0v) is 17.4. The Morgan fingerprint density at radius 3 is 2.60 bits per heavy atom. The summed E-state index contributed by atoms with van der Waals surface area (Å²) >= 11 is 1.18. The van der Waals surface area contributed by atoms with Crippen molar-refractivity contribution in [1.29, 1.82) is 0 Å². The highest BCUT2D eigenvalue weighted by Crippen LogP contribution is 2.34. The van der Waals surface area contributed by atoms with Gasteiger partial charge in [0, 0.05) is 11.9 Å². The number of nitrogens with zero attached hydrogens (tertiary/aromatic N) is 3. The third kappa shape index (κ3) is 4.74. The largest absolute Gasteiger partial charge is 0.436 e. The molecule has 0 aliphatic rings. The quantitative estimate of drug-likeness (QED) is 0.350. The van der Waals surface area contributed by atoms with E-state index in [2.05, 4.69) is 20.4 Å². The van der Waals surface area contributed by atoms with Crippen LogP contribution in [0.2, 0.25) is 0 Å². The summed E-state index contributed by atoms with van der Waals surface area (Å²) in [6.07, 6.45) is 1.23. The molecule has 3 rings (SSSR count). The Morgan fingerprint density at radius 2 is 1.87 bits per heavy atom. The molecule has 0 bridgehead atoms. The van der Waals surface area contributed by atoms with E-state index in [1.54, 1.807) is 24.3 Å². The minimum absolute atomic E-state index is 0.0143. The van der Waals surface area contributed by atoms with E-state index in [0.29, 0.717) is 5.56 Å². The van der Waals surface area contributed by atoms with Crippen molar-refractivity contribution in [3.8, 4) is 11.6 Å². The fourth-order valence-electron chi connectivity index (χ4n) is 2.53. The molecule has 0 unspecified atom stereocenters. The Labute approximate surface area is 177 Å². The Balaban J connectivity index is 1.96. The lowest BCUT2D eigenvalue weighted by Crippen LogP contribution is -2.28. The summed E-state index contributed by atoms with van der Waals surface area (Å²) in [7, 11) is 2.79. The molecule has 154 valence electrons. The highest BCUT2D eigenvalue weighted by molar-refractivity contribution is 7.99. The van der Waals surface area contributed by atoms with Crippen LogP contribution in [0.15, 0.2) is 69.9 Å². The van der Waals surface area contributed by atoms with E-state index in [4.69, 9.17) is 9.57 Å². The van der Waals surface area contributed by atoms with Crippen molar-refractivity contribution in [2.45, 2.75) is 16.8 Å². The topological polar surface area (TPSA) is 85.7 Å². The number of carbonyl (C=O) groups is 1. The van der Waals surface area contributed by atoms with Crippen LogP contribution in [0.25, 0.3) is 0 Å². The molecule has 0 saturated carbocycles. The lowest BCUT2D eigenvalue weighted by Gasteiger charge is -2.12. The molecule has 1 aromatic heterocycles. The summed E-state index contributed by atoms with van der Waals surface area (Å²) in [6, 6.07) is 14.2. The number of halogens is 1. The van der Waals surface area contributed by atoms with E-state index in [-0.39, 0.29) is 22.4 Å². The first kappa shape index (κ1) is 21.3. The number of carbonyl (C=O) groups excluding carboxylic acids is 1. The number of para-hydroxylation sites is 1. The number of benzene rings is 2. The van der Waals surface area contributed by atoms with Crippen molar-refractivity contribution in [2.24, 2.45) is 5.16 Å². The third-order valence-corrected chi connectivity index (χ3v) is 5.16. The summed E-state index contributed by atoms with van der Waals surface area (Å²) in [6.45, 7) is 1.94. The lowest BCUT2D eigenvalue weighted by molar-refractivity contribution is -0.114. The zero-order valence-electron chi connectivity index (χ0n) is 16.5. The molecular formula is C21H19FN4O3S. The van der Waals surface area contributed by atoms with Gasteiger partial charge in [-0.2, -0.15) is 9.37 Å². The number of likely N-dealkylation sites (N-methyl/N-ethyl adjacent to an activating group) is 1. The van der Waals surface area contributed by atoms with Crippen LogP contribution in [0.3, 0.4) is 0 Å². The van der Waals surface area contributed by atoms with Gasteiger partial charge < -0.3 is 14.9 Å². The summed E-state index contributed by atoms with van der Waals surface area (Å²) in [4.78, 5) is 25.8. The van der Waals surface area contributed by atoms with Crippen LogP contribution >= 0.6 is 11.8 Å². The fourth-order valence-corrected chi connectivity index (χ4v) is 3.39. The van der Waals surface area contributed by atoms with E-state index in [0.717, 1.165) is 10.5 Å². The van der Waals surface area contributed by atoms with Crippen LogP contribution in [0.1, 0.15) is 11.1 Å². The first-order valence-electron chi connectivity index (χ1n) is 8.89. The lowest BCUT2D eigenvalue weighted by atomic mass is 10.1. The molecule has 0 fully saturated rings. The second-order valence-corrected chi connectivity index (χ2v) is 7.00. The average molecular weight is 426 g/mol. The van der Waals surface area contributed by atoms with Gasteiger partial charge in [-0.1, -0.05) is 47.2 Å². The van der Waals surface area contributed by atoms with Gasteiger partial charge in [-0.25, -0.2) is 4.98 Å². The Kier molecular flexibility index (Phi) is 6.97. The molecular weight excluding hydrogens is 407 g/mol. The summed E-state index contributed by atoms with van der Waals surface area (Å²) in [5.41, 5.74) is 1.31. The van der Waals surface area contributed by atoms with Gasteiger partial charge >= 0.3 is 0 Å². The molecule has 0 saturated heterocycles. The number of nitrogens with one attached hydrogen (secondary N) is 1. The van der Waals surface area contributed by atoms with Crippen molar-refractivity contribution in [3.05, 3.63) is 71.8 Å². The standard InChI is InChI=1S/C21H19FN4O3S/c1-13-8-4-7-11-16(13)30-21-17(22)20(24-12-25-21)29-15-10-6-5-9-14(15)18(26-28-3)19(27)23-2/h4-12H,1-3H3,(H,23,27). The fraction of sp³-hybridized carbons (Fsp3) is 0.143. The molecule has 1 amide bonds. The number of aryl methyl sites for hydroxylation is 1. The maximum atomic E-state index is 15.1. The minimum Gasteiger partial charge on any atom is -0.436 e. The number of amides is 1. The van der Waals surface area contributed by atoms with Crippen LogP contribution < -0.4 is 10.1 Å². The van der Waals surface area contributed by atoms with E-state index < -0.39 is 11.7 Å². The molecule has 1 N–H and O–H groups in total. The Morgan fingerprint density at radius 1 is 1.13 bits per heavy atom. The van der Waals surface area contributed by atoms with Gasteiger partial charge in [0.1, 0.15) is 24.2 Å². The average Bonchev–Trinajstić information content (AvgIpc) is 2.76. The van der Waals surface area contributed by atoms with Gasteiger partial charge in [0.25, 0.3) is 11.8 Å². The molecule has 1 heterocycles.